The van der Waals surface area contributed by atoms with Crippen molar-refractivity contribution >= 4 is 65.2 Å². The van der Waals surface area contributed by atoms with Gasteiger partial charge in [0.05, 0.1) is 25.0 Å². The number of aliphatic hydroxyl groups excluding tert-OH is 1. The van der Waals surface area contributed by atoms with Crippen LogP contribution in [0.1, 0.15) is 86.0 Å². The van der Waals surface area contributed by atoms with Crippen LogP contribution in [0.25, 0.3) is 0 Å². The number of primary amides is 2. The highest BCUT2D eigenvalue weighted by atomic mass is 16.4. The van der Waals surface area contributed by atoms with E-state index in [9.17, 15) is 63.3 Å². The Balaban J connectivity index is 6.36. The predicted octanol–water partition coefficient (Wildman–Crippen LogP) is -5.55. The summed E-state index contributed by atoms with van der Waals surface area (Å²) in [5.74, 6) is -12.2. The van der Waals surface area contributed by atoms with Gasteiger partial charge in [-0.3, -0.25) is 48.1 Å². The molecule has 0 spiro atoms. The molecule has 0 aromatic rings. The summed E-state index contributed by atoms with van der Waals surface area (Å²) in [5, 5.41) is 42.4. The number of nitrogens with two attached hydrogens (primary N) is 5. The highest BCUT2D eigenvalue weighted by Crippen LogP contribution is 2.11. The fourth-order valence-corrected chi connectivity index (χ4v) is 5.42. The minimum atomic E-state index is -1.88. The maximum absolute atomic E-state index is 13.6. The number of amides is 8. The van der Waals surface area contributed by atoms with Crippen molar-refractivity contribution in [1.82, 2.24) is 31.9 Å². The van der Waals surface area contributed by atoms with Gasteiger partial charge in [0.25, 0.3) is 0 Å². The third-order valence-corrected chi connectivity index (χ3v) is 8.39. The minimum Gasteiger partial charge on any atom is -0.481 e. The predicted molar refractivity (Wildman–Crippen MR) is 212 cm³/mol. The summed E-state index contributed by atoms with van der Waals surface area (Å²) < 4.78 is 0. The number of guanidine groups is 1. The molecular weight excluding hydrogens is 796 g/mol. The van der Waals surface area contributed by atoms with Gasteiger partial charge in [0.15, 0.2) is 12.0 Å². The SMILES string of the molecule is CC(C)C[C@H](NC(=O)[C@H](CC(N)=O)NC(=O)[C@H](CC(=O)O)NC(=O)[C@H](CC(C)C)NC(=O)[C@@H](N)CCCN=C(N)N)C(=O)N[C@@H](CCC(N)=O)C(=O)N[C@H](C(=O)O)[C@@H](C)O. The largest absolute Gasteiger partial charge is 0.481 e. The van der Waals surface area contributed by atoms with Crippen LogP contribution in [0, 0.1) is 11.8 Å². The Morgan fingerprint density at radius 1 is 0.550 bits per heavy atom. The normalized spacial score (nSPS) is 15.0. The molecule has 0 heterocycles. The van der Waals surface area contributed by atoms with E-state index in [1.54, 1.807) is 27.7 Å². The molecule has 8 atom stereocenters. The number of carbonyl (C=O) groups is 10. The van der Waals surface area contributed by atoms with E-state index in [2.05, 4.69) is 36.9 Å². The van der Waals surface area contributed by atoms with E-state index in [0.29, 0.717) is 6.42 Å². The van der Waals surface area contributed by atoms with Gasteiger partial charge in [0, 0.05) is 13.0 Å². The topological polar surface area (TPSA) is 446 Å². The third kappa shape index (κ3) is 22.2. The van der Waals surface area contributed by atoms with Gasteiger partial charge in [-0.2, -0.15) is 0 Å². The lowest BCUT2D eigenvalue weighted by Crippen LogP contribution is -2.61. The second kappa shape index (κ2) is 26.8. The Morgan fingerprint density at radius 3 is 1.37 bits per heavy atom. The summed E-state index contributed by atoms with van der Waals surface area (Å²) in [4.78, 5) is 131. The van der Waals surface area contributed by atoms with E-state index < -0.39 is 133 Å². The smallest absolute Gasteiger partial charge is 0.328 e. The number of aliphatic hydroxyl groups is 1. The van der Waals surface area contributed by atoms with Gasteiger partial charge in [-0.25, -0.2) is 4.79 Å². The summed E-state index contributed by atoms with van der Waals surface area (Å²) >= 11 is 0. The molecule has 0 rings (SSSR count). The number of hydrogen-bond acceptors (Lipinski definition) is 13. The Morgan fingerprint density at radius 2 is 0.967 bits per heavy atom. The number of carbonyl (C=O) groups excluding carboxylic acids is 8. The average molecular weight is 859 g/mol. The quantitative estimate of drug-likeness (QED) is 0.0189. The first-order valence-corrected chi connectivity index (χ1v) is 19.1. The summed E-state index contributed by atoms with van der Waals surface area (Å²) in [6.45, 7) is 8.04. The van der Waals surface area contributed by atoms with Crippen molar-refractivity contribution in [2.75, 3.05) is 6.54 Å². The Bertz CT molecular complexity index is 1570. The molecule has 0 aromatic heterocycles. The lowest BCUT2D eigenvalue weighted by molar-refractivity contribution is -0.145. The van der Waals surface area contributed by atoms with Crippen molar-refractivity contribution in [2.45, 2.75) is 134 Å². The number of nitrogens with zero attached hydrogens (tertiary/aromatic N) is 1. The average Bonchev–Trinajstić information content (AvgIpc) is 3.11. The number of hydrogen-bond donors (Lipinski definition) is 14. The molecule has 8 amide bonds. The summed E-state index contributed by atoms with van der Waals surface area (Å²) in [6, 6.07) is -11.0. The number of aliphatic carboxylic acids is 2. The maximum Gasteiger partial charge on any atom is 0.328 e. The monoisotopic (exact) mass is 858 g/mol. The van der Waals surface area contributed by atoms with Crippen LogP contribution in [0.5, 0.6) is 0 Å². The van der Waals surface area contributed by atoms with Crippen molar-refractivity contribution in [1.29, 1.82) is 0 Å². The molecule has 0 aliphatic carbocycles. The molecule has 0 saturated carbocycles. The lowest BCUT2D eigenvalue weighted by Gasteiger charge is -2.28. The number of aliphatic imine (C=N–C) groups is 1. The van der Waals surface area contributed by atoms with Crippen molar-refractivity contribution < 1.29 is 63.3 Å². The second-order valence-corrected chi connectivity index (χ2v) is 15.0. The maximum atomic E-state index is 13.6. The second-order valence-electron chi connectivity index (χ2n) is 15.0. The molecule has 0 saturated heterocycles. The highest BCUT2D eigenvalue weighted by molar-refractivity contribution is 5.99. The number of nitrogens with one attached hydrogen (secondary N) is 6. The molecule has 0 unspecified atom stereocenters. The van der Waals surface area contributed by atoms with E-state index in [-0.39, 0.29) is 43.6 Å². The van der Waals surface area contributed by atoms with Gasteiger partial charge in [-0.15, -0.1) is 0 Å². The van der Waals surface area contributed by atoms with E-state index in [1.165, 1.54) is 0 Å². The first-order chi connectivity index (χ1) is 27.7. The Hall–Kier alpha value is -6.11. The first kappa shape index (κ1) is 53.9. The molecule has 0 aliphatic heterocycles. The number of carboxylic acid groups (broad SMARTS) is 2. The van der Waals surface area contributed by atoms with Gasteiger partial charge in [0.1, 0.15) is 30.2 Å². The van der Waals surface area contributed by atoms with Crippen LogP contribution in [0.3, 0.4) is 0 Å². The van der Waals surface area contributed by atoms with E-state index >= 15 is 0 Å². The molecule has 25 nitrogen and oxygen atoms in total. The van der Waals surface area contributed by atoms with Crippen LogP contribution in [0.2, 0.25) is 0 Å². The number of rotatable bonds is 29. The zero-order chi connectivity index (χ0) is 46.4. The molecular formula is C35H62N12O13. The molecule has 0 radical (unpaired) electrons. The van der Waals surface area contributed by atoms with Gasteiger partial charge in [-0.1, -0.05) is 27.7 Å². The minimum absolute atomic E-state index is 0.0253. The zero-order valence-corrected chi connectivity index (χ0v) is 34.4. The highest BCUT2D eigenvalue weighted by Gasteiger charge is 2.36. The standard InChI is InChI=1S/C35H62N12O13/c1-15(2)11-20(43-28(53)18(36)7-6-10-41-35(39)40)31(56)46-23(14-26(51)52)33(58)45-22(13-25(38)50)32(57)44-21(12-16(3)4)30(55)42-19(8-9-24(37)49)29(54)47-27(17(5)48)34(59)60/h15-23,27,48H,6-14,36H2,1-5H3,(H2,37,49)(H2,38,50)(H,42,55)(H,43,53)(H,44,57)(H,45,58)(H,46,56)(H,47,54)(H,51,52)(H,59,60)(H4,39,40,41)/t17-,18+,19+,20+,21+,22+,23+,27+/m1/s1. The lowest BCUT2D eigenvalue weighted by atomic mass is 10.0. The fourth-order valence-electron chi connectivity index (χ4n) is 5.42. The summed E-state index contributed by atoms with van der Waals surface area (Å²) in [7, 11) is 0. The van der Waals surface area contributed by atoms with Crippen LogP contribution in [-0.4, -0.2) is 135 Å². The fraction of sp³-hybridized carbons (Fsp3) is 0.686. The van der Waals surface area contributed by atoms with Crippen molar-refractivity contribution in [2.24, 2.45) is 45.5 Å². The van der Waals surface area contributed by atoms with Gasteiger partial charge in [-0.05, 0) is 50.9 Å². The zero-order valence-electron chi connectivity index (χ0n) is 34.4. The number of carboxylic acids is 2. The van der Waals surface area contributed by atoms with Gasteiger partial charge < -0.3 is 75.9 Å². The molecule has 340 valence electrons. The summed E-state index contributed by atoms with van der Waals surface area (Å²) in [5.41, 5.74) is 27.1. The van der Waals surface area contributed by atoms with Crippen LogP contribution in [0.4, 0.5) is 0 Å². The van der Waals surface area contributed by atoms with E-state index in [1.807, 2.05) is 0 Å². The van der Waals surface area contributed by atoms with Crippen LogP contribution < -0.4 is 60.6 Å². The molecule has 0 aliphatic rings. The summed E-state index contributed by atoms with van der Waals surface area (Å²) in [6.07, 6.45) is -3.99. The molecule has 25 heteroatoms. The van der Waals surface area contributed by atoms with E-state index in [4.69, 9.17) is 28.7 Å². The molecule has 0 fully saturated rings. The van der Waals surface area contributed by atoms with Crippen molar-refractivity contribution in [3.05, 3.63) is 0 Å². The molecule has 0 aromatic carbocycles. The molecule has 19 N–H and O–H groups in total. The van der Waals surface area contributed by atoms with Gasteiger partial charge >= 0.3 is 11.9 Å². The Labute approximate surface area is 346 Å². The van der Waals surface area contributed by atoms with E-state index in [0.717, 1.165) is 6.92 Å². The van der Waals surface area contributed by atoms with Crippen molar-refractivity contribution in [3.8, 4) is 0 Å². The van der Waals surface area contributed by atoms with Crippen molar-refractivity contribution in [3.63, 3.8) is 0 Å². The van der Waals surface area contributed by atoms with Crippen LogP contribution >= 0.6 is 0 Å². The first-order valence-electron chi connectivity index (χ1n) is 19.1. The van der Waals surface area contributed by atoms with Crippen LogP contribution in [-0.2, 0) is 47.9 Å². The molecule has 60 heavy (non-hydrogen) atoms. The Kier molecular flexibility index (Phi) is 24.1. The van der Waals surface area contributed by atoms with Gasteiger partial charge in [0.2, 0.25) is 47.3 Å². The molecule has 0 bridgehead atoms. The third-order valence-electron chi connectivity index (χ3n) is 8.39. The van der Waals surface area contributed by atoms with Crippen LogP contribution in [0.15, 0.2) is 4.99 Å².